The zero-order valence-electron chi connectivity index (χ0n) is 14.0. The minimum Gasteiger partial charge on any atom is -0.412 e. The molecule has 12 heteroatoms. The zero-order chi connectivity index (χ0) is 15.3. The molecule has 1 heterocycles. The van der Waals surface area contributed by atoms with Crippen LogP contribution in [0.1, 0.15) is 35.2 Å². The number of aromatic nitrogens is 2. The lowest BCUT2D eigenvalue weighted by molar-refractivity contribution is 0.381. The van der Waals surface area contributed by atoms with Gasteiger partial charge in [-0.2, -0.15) is 8.42 Å². The highest BCUT2D eigenvalue weighted by atomic mass is 32.3. The van der Waals surface area contributed by atoms with Gasteiger partial charge < -0.3 is 32.4 Å². The number of H-pyrrole nitrogens is 1. The van der Waals surface area contributed by atoms with E-state index in [0.717, 1.165) is 0 Å². The predicted octanol–water partition coefficient (Wildman–Crippen LogP) is -1.60. The van der Waals surface area contributed by atoms with Crippen LogP contribution in [0.25, 0.3) is 0 Å². The molecule has 0 bridgehead atoms. The molecule has 0 aliphatic rings. The average Bonchev–Trinajstić information content (AvgIpc) is 2.83. The van der Waals surface area contributed by atoms with Crippen molar-refractivity contribution in [3.63, 3.8) is 0 Å². The Labute approximate surface area is 145 Å². The van der Waals surface area contributed by atoms with Crippen LogP contribution in [0.5, 0.6) is 0 Å². The molecule has 0 radical (unpaired) electrons. The summed E-state index contributed by atoms with van der Waals surface area (Å²) in [5.74, 6) is 0.382. The van der Waals surface area contributed by atoms with Gasteiger partial charge in [-0.15, -0.1) is 0 Å². The van der Waals surface area contributed by atoms with Crippen LogP contribution in [0.3, 0.4) is 0 Å². The number of nitrogens with one attached hydrogen (secondary N) is 1. The van der Waals surface area contributed by atoms with Crippen LogP contribution in [-0.4, -0.2) is 54.9 Å². The maximum atomic E-state index is 8.74. The SMILES string of the molecule is Cc1cccc([C@H](C)c2cnc[nH]2)c1C.O.O.O.O.O.O=S(=O)(O)O. The molecule has 0 unspecified atom stereocenters. The van der Waals surface area contributed by atoms with Gasteiger partial charge >= 0.3 is 10.4 Å². The largest absolute Gasteiger partial charge is 0.412 e. The number of imidazole rings is 1. The minimum absolute atomic E-state index is 0. The van der Waals surface area contributed by atoms with Gasteiger partial charge in [0.05, 0.1) is 6.33 Å². The average molecular weight is 388 g/mol. The van der Waals surface area contributed by atoms with Crippen molar-refractivity contribution in [3.8, 4) is 0 Å². The topological polar surface area (TPSA) is 261 Å². The van der Waals surface area contributed by atoms with E-state index in [1.807, 2.05) is 6.20 Å². The van der Waals surface area contributed by atoms with Gasteiger partial charge in [-0.3, -0.25) is 9.11 Å². The van der Waals surface area contributed by atoms with E-state index >= 15 is 0 Å². The minimum atomic E-state index is -4.67. The van der Waals surface area contributed by atoms with Crippen LogP contribution in [0.4, 0.5) is 0 Å². The fourth-order valence-corrected chi connectivity index (χ4v) is 1.91. The first-order valence-corrected chi connectivity index (χ1v) is 7.34. The molecule has 0 fully saturated rings. The van der Waals surface area contributed by atoms with E-state index in [4.69, 9.17) is 17.5 Å². The van der Waals surface area contributed by atoms with Crippen LogP contribution in [0.15, 0.2) is 30.7 Å². The van der Waals surface area contributed by atoms with Gasteiger partial charge in [-0.05, 0) is 30.5 Å². The molecule has 1 atom stereocenters. The van der Waals surface area contributed by atoms with E-state index in [-0.39, 0.29) is 27.4 Å². The highest BCUT2D eigenvalue weighted by Gasteiger charge is 2.12. The Morgan fingerprint density at radius 2 is 1.52 bits per heavy atom. The van der Waals surface area contributed by atoms with E-state index in [2.05, 4.69) is 48.9 Å². The molecule has 0 saturated heterocycles. The molecule has 0 aliphatic heterocycles. The van der Waals surface area contributed by atoms with E-state index in [9.17, 15) is 0 Å². The van der Waals surface area contributed by atoms with Crippen molar-refractivity contribution in [1.29, 1.82) is 0 Å². The highest BCUT2D eigenvalue weighted by molar-refractivity contribution is 7.79. The normalized spacial score (nSPS) is 9.96. The number of hydrogen-bond acceptors (Lipinski definition) is 3. The second-order valence-corrected chi connectivity index (χ2v) is 5.36. The summed E-state index contributed by atoms with van der Waals surface area (Å²) in [6.07, 6.45) is 3.63. The predicted molar refractivity (Wildman–Crippen MR) is 94.3 cm³/mol. The third kappa shape index (κ3) is 12.2. The van der Waals surface area contributed by atoms with E-state index in [1.54, 1.807) is 6.33 Å². The van der Waals surface area contributed by atoms with Crippen molar-refractivity contribution in [3.05, 3.63) is 53.1 Å². The Balaban J connectivity index is -0.000000120. The highest BCUT2D eigenvalue weighted by Crippen LogP contribution is 2.26. The Morgan fingerprint density at radius 3 is 1.92 bits per heavy atom. The lowest BCUT2D eigenvalue weighted by Crippen LogP contribution is -2.00. The van der Waals surface area contributed by atoms with Crippen molar-refractivity contribution < 1.29 is 44.9 Å². The van der Waals surface area contributed by atoms with Gasteiger partial charge in [0.1, 0.15) is 0 Å². The number of benzene rings is 1. The van der Waals surface area contributed by atoms with Gasteiger partial charge in [0.25, 0.3) is 0 Å². The fraction of sp³-hybridized carbons (Fsp3) is 0.308. The first-order chi connectivity index (χ1) is 9.20. The maximum absolute atomic E-state index is 8.74. The molecule has 0 spiro atoms. The number of aromatic amines is 1. The summed E-state index contributed by atoms with van der Waals surface area (Å²) in [5, 5.41) is 0. The molecule has 1 aromatic heterocycles. The standard InChI is InChI=1S/C13H16N2.H2O4S.5H2O/c1-9-5-4-6-12(10(9)2)11(3)13-7-14-8-15-13;1-5(2,3)4;;;;;/h4-8,11H,1-3H3,(H,14,15);(H2,1,2,3,4);5*1H2/t11-;;;;;;/m0....../s1. The van der Waals surface area contributed by atoms with Gasteiger partial charge in [0, 0.05) is 17.8 Å². The number of aryl methyl sites for hydroxylation is 1. The number of nitrogens with zero attached hydrogens (tertiary/aromatic N) is 1. The first-order valence-electron chi connectivity index (χ1n) is 5.94. The first kappa shape index (κ1) is 34.4. The zero-order valence-corrected chi connectivity index (χ0v) is 14.8. The smallest absolute Gasteiger partial charge is 0.394 e. The molecule has 0 aliphatic carbocycles. The van der Waals surface area contributed by atoms with Crippen molar-refractivity contribution >= 4 is 10.4 Å². The van der Waals surface area contributed by atoms with Crippen molar-refractivity contribution in [2.24, 2.45) is 0 Å². The molecule has 13 N–H and O–H groups in total. The van der Waals surface area contributed by atoms with Crippen LogP contribution in [0, 0.1) is 13.8 Å². The van der Waals surface area contributed by atoms with E-state index in [1.165, 1.54) is 22.4 Å². The van der Waals surface area contributed by atoms with E-state index < -0.39 is 10.4 Å². The molecule has 0 amide bonds. The molecule has 0 saturated carbocycles. The summed E-state index contributed by atoms with van der Waals surface area (Å²) in [4.78, 5) is 7.24. The van der Waals surface area contributed by atoms with Gasteiger partial charge in [0.15, 0.2) is 0 Å². The Hall–Kier alpha value is -1.90. The fourth-order valence-electron chi connectivity index (χ4n) is 1.91. The van der Waals surface area contributed by atoms with Crippen molar-refractivity contribution in [2.45, 2.75) is 26.7 Å². The third-order valence-corrected chi connectivity index (χ3v) is 3.10. The van der Waals surface area contributed by atoms with Crippen molar-refractivity contribution in [1.82, 2.24) is 9.97 Å². The second kappa shape index (κ2) is 14.4. The molecular weight excluding hydrogens is 360 g/mol. The number of hydrogen-bond donors (Lipinski definition) is 3. The number of rotatable bonds is 2. The summed E-state index contributed by atoms with van der Waals surface area (Å²) >= 11 is 0. The Bertz CT molecular complexity index is 652. The molecule has 150 valence electrons. The molecule has 2 rings (SSSR count). The molecule has 11 nitrogen and oxygen atoms in total. The van der Waals surface area contributed by atoms with Crippen LogP contribution < -0.4 is 0 Å². The quantitative estimate of drug-likeness (QED) is 0.511. The summed E-state index contributed by atoms with van der Waals surface area (Å²) in [5.41, 5.74) is 5.27. The van der Waals surface area contributed by atoms with Gasteiger partial charge in [0.2, 0.25) is 0 Å². The lowest BCUT2D eigenvalue weighted by atomic mass is 9.92. The van der Waals surface area contributed by atoms with Crippen molar-refractivity contribution in [2.75, 3.05) is 0 Å². The van der Waals surface area contributed by atoms with Crippen LogP contribution >= 0.6 is 0 Å². The summed E-state index contributed by atoms with van der Waals surface area (Å²) in [6, 6.07) is 6.46. The second-order valence-electron chi connectivity index (χ2n) is 4.47. The Morgan fingerprint density at radius 1 is 1.04 bits per heavy atom. The molecule has 2 aromatic rings. The van der Waals surface area contributed by atoms with Gasteiger partial charge in [-0.1, -0.05) is 25.1 Å². The lowest BCUT2D eigenvalue weighted by Gasteiger charge is -2.14. The maximum Gasteiger partial charge on any atom is 0.394 e. The third-order valence-electron chi connectivity index (χ3n) is 3.10. The summed E-state index contributed by atoms with van der Waals surface area (Å²) < 4.78 is 31.6. The molecule has 25 heavy (non-hydrogen) atoms. The monoisotopic (exact) mass is 388 g/mol. The molecule has 1 aromatic carbocycles. The summed E-state index contributed by atoms with van der Waals surface area (Å²) in [6.45, 7) is 6.53. The van der Waals surface area contributed by atoms with E-state index in [0.29, 0.717) is 5.92 Å². The summed E-state index contributed by atoms with van der Waals surface area (Å²) in [7, 11) is -4.67. The van der Waals surface area contributed by atoms with Gasteiger partial charge in [-0.25, -0.2) is 4.98 Å². The van der Waals surface area contributed by atoms with Crippen LogP contribution in [-0.2, 0) is 10.4 Å². The Kier molecular flexibility index (Phi) is 19.9. The molecular formula is C13H28N2O9S. The van der Waals surface area contributed by atoms with Crippen LogP contribution in [0.2, 0.25) is 0 Å².